The SMILES string of the molecule is Cc1cccc(Cl)c1-c1ccc(Cl)c(Cl)c1Cl. The lowest BCUT2D eigenvalue weighted by molar-refractivity contribution is 1.46. The van der Waals surface area contributed by atoms with Crippen molar-refractivity contribution in [2.45, 2.75) is 6.92 Å². The molecule has 0 aromatic heterocycles. The van der Waals surface area contributed by atoms with Crippen molar-refractivity contribution < 1.29 is 0 Å². The highest BCUT2D eigenvalue weighted by atomic mass is 35.5. The first-order valence-electron chi connectivity index (χ1n) is 4.91. The number of aryl methyl sites for hydroxylation is 1. The van der Waals surface area contributed by atoms with Crippen LogP contribution < -0.4 is 0 Å². The lowest BCUT2D eigenvalue weighted by Crippen LogP contribution is -1.87. The molecule has 2 rings (SSSR count). The molecule has 0 saturated heterocycles. The number of benzene rings is 2. The maximum absolute atomic E-state index is 6.20. The molecule has 0 spiro atoms. The molecule has 4 heteroatoms. The van der Waals surface area contributed by atoms with Gasteiger partial charge >= 0.3 is 0 Å². The summed E-state index contributed by atoms with van der Waals surface area (Å²) in [6.45, 7) is 1.97. The average molecular weight is 306 g/mol. The molecule has 0 fully saturated rings. The molecular weight excluding hydrogens is 298 g/mol. The maximum Gasteiger partial charge on any atom is 0.0784 e. The van der Waals surface area contributed by atoms with Crippen LogP contribution in [0, 0.1) is 6.92 Å². The van der Waals surface area contributed by atoms with Crippen molar-refractivity contribution in [1.82, 2.24) is 0 Å². The molecule has 0 heterocycles. The van der Waals surface area contributed by atoms with Crippen molar-refractivity contribution in [2.24, 2.45) is 0 Å². The monoisotopic (exact) mass is 304 g/mol. The molecule has 17 heavy (non-hydrogen) atoms. The summed E-state index contributed by atoms with van der Waals surface area (Å²) < 4.78 is 0. The molecule has 0 saturated carbocycles. The van der Waals surface area contributed by atoms with Gasteiger partial charge in [0.25, 0.3) is 0 Å². The molecule has 0 nitrogen and oxygen atoms in total. The van der Waals surface area contributed by atoms with Crippen molar-refractivity contribution in [3.63, 3.8) is 0 Å². The zero-order chi connectivity index (χ0) is 12.6. The zero-order valence-electron chi connectivity index (χ0n) is 8.90. The molecule has 0 aliphatic rings. The first-order valence-corrected chi connectivity index (χ1v) is 6.42. The van der Waals surface area contributed by atoms with Gasteiger partial charge in [-0.1, -0.05) is 64.6 Å². The van der Waals surface area contributed by atoms with E-state index in [1.54, 1.807) is 6.07 Å². The Labute approximate surface area is 120 Å². The quantitative estimate of drug-likeness (QED) is 0.544. The van der Waals surface area contributed by atoms with Crippen LogP contribution in [0.15, 0.2) is 30.3 Å². The second-order valence-electron chi connectivity index (χ2n) is 3.65. The van der Waals surface area contributed by atoms with E-state index in [1.807, 2.05) is 31.2 Å². The Hall–Kier alpha value is -0.400. The minimum Gasteiger partial charge on any atom is -0.0837 e. The molecule has 0 atom stereocenters. The predicted molar refractivity (Wildman–Crippen MR) is 76.7 cm³/mol. The molecule has 0 N–H and O–H groups in total. The van der Waals surface area contributed by atoms with Gasteiger partial charge in [-0.15, -0.1) is 0 Å². The van der Waals surface area contributed by atoms with E-state index in [0.29, 0.717) is 20.1 Å². The number of hydrogen-bond donors (Lipinski definition) is 0. The summed E-state index contributed by atoms with van der Waals surface area (Å²) in [5.74, 6) is 0. The summed E-state index contributed by atoms with van der Waals surface area (Å²) in [7, 11) is 0. The maximum atomic E-state index is 6.20. The fourth-order valence-corrected chi connectivity index (χ4v) is 2.65. The van der Waals surface area contributed by atoms with Gasteiger partial charge in [-0.05, 0) is 24.6 Å². The van der Waals surface area contributed by atoms with Crippen LogP contribution in [0.2, 0.25) is 20.1 Å². The van der Waals surface area contributed by atoms with Gasteiger partial charge in [-0.25, -0.2) is 0 Å². The molecular formula is C13H8Cl4. The predicted octanol–water partition coefficient (Wildman–Crippen LogP) is 6.28. The van der Waals surface area contributed by atoms with Gasteiger partial charge in [0.2, 0.25) is 0 Å². The van der Waals surface area contributed by atoms with Crippen LogP contribution in [-0.2, 0) is 0 Å². The standard InChI is InChI=1S/C13H8Cl4/c1-7-3-2-4-9(14)11(7)8-5-6-10(15)13(17)12(8)16/h2-6H,1H3. The minimum absolute atomic E-state index is 0.352. The van der Waals surface area contributed by atoms with Crippen molar-refractivity contribution in [3.8, 4) is 11.1 Å². The van der Waals surface area contributed by atoms with Gasteiger partial charge in [-0.2, -0.15) is 0 Å². The molecule has 0 unspecified atom stereocenters. The average Bonchev–Trinajstić information content (AvgIpc) is 2.29. The summed E-state index contributed by atoms with van der Waals surface area (Å²) in [6.07, 6.45) is 0. The largest absolute Gasteiger partial charge is 0.0837 e. The highest BCUT2D eigenvalue weighted by molar-refractivity contribution is 6.49. The third-order valence-electron chi connectivity index (χ3n) is 2.53. The van der Waals surface area contributed by atoms with Crippen molar-refractivity contribution in [3.05, 3.63) is 56.0 Å². The minimum atomic E-state index is 0.352. The van der Waals surface area contributed by atoms with E-state index in [-0.39, 0.29) is 0 Å². The van der Waals surface area contributed by atoms with E-state index in [1.165, 1.54) is 0 Å². The first-order chi connectivity index (χ1) is 8.02. The molecule has 2 aromatic rings. The van der Waals surface area contributed by atoms with Crippen LogP contribution in [0.4, 0.5) is 0 Å². The summed E-state index contributed by atoms with van der Waals surface area (Å²) >= 11 is 24.3. The summed E-state index contributed by atoms with van der Waals surface area (Å²) in [5.41, 5.74) is 2.72. The van der Waals surface area contributed by atoms with Crippen LogP contribution in [0.25, 0.3) is 11.1 Å². The van der Waals surface area contributed by atoms with Crippen molar-refractivity contribution in [1.29, 1.82) is 0 Å². The zero-order valence-corrected chi connectivity index (χ0v) is 11.9. The van der Waals surface area contributed by atoms with E-state index in [9.17, 15) is 0 Å². The van der Waals surface area contributed by atoms with Gasteiger partial charge in [-0.3, -0.25) is 0 Å². The lowest BCUT2D eigenvalue weighted by Gasteiger charge is -2.11. The molecule has 0 bridgehead atoms. The third kappa shape index (κ3) is 2.41. The van der Waals surface area contributed by atoms with E-state index < -0.39 is 0 Å². The molecule has 0 aliphatic carbocycles. The van der Waals surface area contributed by atoms with E-state index >= 15 is 0 Å². The Morgan fingerprint density at radius 2 is 1.47 bits per heavy atom. The van der Waals surface area contributed by atoms with Gasteiger partial charge in [0.15, 0.2) is 0 Å². The Morgan fingerprint density at radius 1 is 0.765 bits per heavy atom. The van der Waals surface area contributed by atoms with Crippen molar-refractivity contribution >= 4 is 46.4 Å². The Kier molecular flexibility index (Phi) is 3.89. The summed E-state index contributed by atoms with van der Waals surface area (Å²) in [6, 6.07) is 9.23. The molecule has 2 aromatic carbocycles. The first kappa shape index (κ1) is 13.0. The highest BCUT2D eigenvalue weighted by Crippen LogP contribution is 2.41. The van der Waals surface area contributed by atoms with Crippen LogP contribution >= 0.6 is 46.4 Å². The Morgan fingerprint density at radius 3 is 2.12 bits per heavy atom. The Bertz CT molecular complexity index is 556. The summed E-state index contributed by atoms with van der Waals surface area (Å²) in [5, 5.41) is 1.86. The lowest BCUT2D eigenvalue weighted by atomic mass is 10.0. The second kappa shape index (κ2) is 5.07. The second-order valence-corrected chi connectivity index (χ2v) is 5.22. The van der Waals surface area contributed by atoms with Gasteiger partial charge in [0.05, 0.1) is 15.1 Å². The van der Waals surface area contributed by atoms with E-state index in [2.05, 4.69) is 0 Å². The van der Waals surface area contributed by atoms with Crippen LogP contribution in [0.1, 0.15) is 5.56 Å². The smallest absolute Gasteiger partial charge is 0.0784 e. The number of hydrogen-bond acceptors (Lipinski definition) is 0. The number of halogens is 4. The number of rotatable bonds is 1. The van der Waals surface area contributed by atoms with E-state index in [4.69, 9.17) is 46.4 Å². The van der Waals surface area contributed by atoms with Gasteiger partial charge in [0.1, 0.15) is 0 Å². The topological polar surface area (TPSA) is 0 Å². The van der Waals surface area contributed by atoms with Crippen LogP contribution in [0.5, 0.6) is 0 Å². The van der Waals surface area contributed by atoms with Crippen LogP contribution in [0.3, 0.4) is 0 Å². The normalized spacial score (nSPS) is 10.6. The van der Waals surface area contributed by atoms with E-state index in [0.717, 1.165) is 16.7 Å². The molecule has 88 valence electrons. The fourth-order valence-electron chi connectivity index (χ4n) is 1.69. The molecule has 0 radical (unpaired) electrons. The molecule has 0 amide bonds. The highest BCUT2D eigenvalue weighted by Gasteiger charge is 2.14. The summed E-state index contributed by atoms with van der Waals surface area (Å²) in [4.78, 5) is 0. The fraction of sp³-hybridized carbons (Fsp3) is 0.0769. The van der Waals surface area contributed by atoms with Gasteiger partial charge in [0, 0.05) is 16.1 Å². The van der Waals surface area contributed by atoms with Crippen LogP contribution in [-0.4, -0.2) is 0 Å². The Balaban J connectivity index is 2.74. The van der Waals surface area contributed by atoms with Gasteiger partial charge < -0.3 is 0 Å². The molecule has 0 aliphatic heterocycles. The third-order valence-corrected chi connectivity index (χ3v) is 4.14. The van der Waals surface area contributed by atoms with Crippen molar-refractivity contribution in [2.75, 3.05) is 0 Å².